The van der Waals surface area contributed by atoms with Gasteiger partial charge in [0.1, 0.15) is 0 Å². The monoisotopic (exact) mass is 348 g/mol. The highest BCUT2D eigenvalue weighted by atomic mass is 16.5. The molecule has 6 nitrogen and oxygen atoms in total. The van der Waals surface area contributed by atoms with E-state index in [1.807, 2.05) is 18.5 Å². The van der Waals surface area contributed by atoms with E-state index in [4.69, 9.17) is 9.47 Å². The number of nitrogens with zero attached hydrogens (tertiary/aromatic N) is 2. The molecule has 1 fully saturated rings. The van der Waals surface area contributed by atoms with Crippen molar-refractivity contribution in [3.05, 3.63) is 30.1 Å². The molecule has 0 saturated carbocycles. The fourth-order valence-electron chi connectivity index (χ4n) is 2.93. The van der Waals surface area contributed by atoms with E-state index in [-0.39, 0.29) is 6.10 Å². The summed E-state index contributed by atoms with van der Waals surface area (Å²) in [6.07, 6.45) is 6.01. The minimum Gasteiger partial charge on any atom is -0.379 e. The zero-order chi connectivity index (χ0) is 17.9. The van der Waals surface area contributed by atoms with E-state index in [2.05, 4.69) is 40.5 Å². The van der Waals surface area contributed by atoms with Gasteiger partial charge in [0, 0.05) is 51.7 Å². The predicted octanol–water partition coefficient (Wildman–Crippen LogP) is 2.18. The number of hydrogen-bond donors (Lipinski definition) is 2. The van der Waals surface area contributed by atoms with Crippen LogP contribution in [0, 0.1) is 5.92 Å². The number of rotatable bonds is 9. The zero-order valence-corrected chi connectivity index (χ0v) is 15.7. The van der Waals surface area contributed by atoms with Gasteiger partial charge in [-0.05, 0) is 30.4 Å². The lowest BCUT2D eigenvalue weighted by Gasteiger charge is -2.23. The average Bonchev–Trinajstić information content (AvgIpc) is 3.14. The first-order valence-electron chi connectivity index (χ1n) is 9.24. The lowest BCUT2D eigenvalue weighted by atomic mass is 9.89. The van der Waals surface area contributed by atoms with E-state index in [1.54, 1.807) is 7.05 Å². The molecular weight excluding hydrogens is 316 g/mol. The Balaban J connectivity index is 1.67. The molecule has 1 aliphatic heterocycles. The molecule has 0 amide bonds. The number of aromatic nitrogens is 1. The van der Waals surface area contributed by atoms with Crippen molar-refractivity contribution in [3.63, 3.8) is 0 Å². The fourth-order valence-corrected chi connectivity index (χ4v) is 2.93. The van der Waals surface area contributed by atoms with Gasteiger partial charge in [0.15, 0.2) is 5.96 Å². The van der Waals surface area contributed by atoms with Gasteiger partial charge in [-0.3, -0.25) is 9.98 Å². The second-order valence-electron chi connectivity index (χ2n) is 6.73. The summed E-state index contributed by atoms with van der Waals surface area (Å²) in [5.74, 6) is 1.76. The zero-order valence-electron chi connectivity index (χ0n) is 15.7. The summed E-state index contributed by atoms with van der Waals surface area (Å²) in [6.45, 7) is 8.46. The van der Waals surface area contributed by atoms with E-state index >= 15 is 0 Å². The highest BCUT2D eigenvalue weighted by Crippen LogP contribution is 2.22. The quantitative estimate of drug-likeness (QED) is 0.407. The summed E-state index contributed by atoms with van der Waals surface area (Å²) < 4.78 is 11.1. The summed E-state index contributed by atoms with van der Waals surface area (Å²) in [4.78, 5) is 8.55. The number of pyridine rings is 1. The van der Waals surface area contributed by atoms with E-state index in [0.29, 0.717) is 11.8 Å². The Kier molecular flexibility index (Phi) is 8.69. The second-order valence-corrected chi connectivity index (χ2v) is 6.73. The first kappa shape index (κ1) is 19.7. The molecule has 0 aliphatic carbocycles. The van der Waals surface area contributed by atoms with Gasteiger partial charge in [0.2, 0.25) is 0 Å². The van der Waals surface area contributed by atoms with Crippen molar-refractivity contribution in [2.24, 2.45) is 10.9 Å². The molecule has 2 heterocycles. The molecule has 0 radical (unpaired) electrons. The molecule has 0 spiro atoms. The van der Waals surface area contributed by atoms with Crippen molar-refractivity contribution in [1.82, 2.24) is 15.6 Å². The summed E-state index contributed by atoms with van der Waals surface area (Å²) >= 11 is 0. The molecule has 1 aromatic rings. The maximum atomic E-state index is 5.77. The Morgan fingerprint density at radius 3 is 2.96 bits per heavy atom. The molecule has 25 heavy (non-hydrogen) atoms. The highest BCUT2D eigenvalue weighted by Gasteiger charge is 2.17. The topological polar surface area (TPSA) is 67.8 Å². The van der Waals surface area contributed by atoms with Crippen molar-refractivity contribution in [1.29, 1.82) is 0 Å². The van der Waals surface area contributed by atoms with Crippen molar-refractivity contribution in [3.8, 4) is 0 Å². The number of aliphatic imine (C=N–C) groups is 1. The standard InChI is InChI=1S/C19H32N4O2/c1-15(2)18(16-6-4-8-21-12-16)13-23-19(20-3)22-9-5-10-25-17-7-11-24-14-17/h4,6,8,12,15,17-18H,5,7,9-11,13-14H2,1-3H3,(H2,20,22,23). The van der Waals surface area contributed by atoms with Crippen LogP contribution in [0.1, 0.15) is 38.2 Å². The van der Waals surface area contributed by atoms with Gasteiger partial charge in [-0.25, -0.2) is 0 Å². The number of guanidine groups is 1. The summed E-state index contributed by atoms with van der Waals surface area (Å²) in [5.41, 5.74) is 1.26. The van der Waals surface area contributed by atoms with E-state index in [0.717, 1.165) is 51.7 Å². The molecule has 2 rings (SSSR count). The van der Waals surface area contributed by atoms with E-state index in [1.165, 1.54) is 5.56 Å². The third-order valence-electron chi connectivity index (χ3n) is 4.49. The Morgan fingerprint density at radius 2 is 2.32 bits per heavy atom. The molecule has 2 N–H and O–H groups in total. The Bertz CT molecular complexity index is 501. The maximum Gasteiger partial charge on any atom is 0.190 e. The molecule has 1 saturated heterocycles. The average molecular weight is 348 g/mol. The Hall–Kier alpha value is -1.66. The molecule has 140 valence electrons. The van der Waals surface area contributed by atoms with Gasteiger partial charge < -0.3 is 20.1 Å². The van der Waals surface area contributed by atoms with Gasteiger partial charge in [-0.2, -0.15) is 0 Å². The van der Waals surface area contributed by atoms with E-state index < -0.39 is 0 Å². The molecule has 1 aliphatic rings. The van der Waals surface area contributed by atoms with Crippen LogP contribution in [0.4, 0.5) is 0 Å². The molecule has 2 atom stereocenters. The Morgan fingerprint density at radius 1 is 1.44 bits per heavy atom. The van der Waals surface area contributed by atoms with Crippen LogP contribution in [-0.2, 0) is 9.47 Å². The molecule has 1 aromatic heterocycles. The number of nitrogens with one attached hydrogen (secondary N) is 2. The molecule has 6 heteroatoms. The van der Waals surface area contributed by atoms with Crippen LogP contribution in [-0.4, -0.2) is 57.0 Å². The molecule has 0 aromatic carbocycles. The van der Waals surface area contributed by atoms with Crippen molar-refractivity contribution < 1.29 is 9.47 Å². The van der Waals surface area contributed by atoms with Crippen LogP contribution in [0.5, 0.6) is 0 Å². The summed E-state index contributed by atoms with van der Waals surface area (Å²) in [6, 6.07) is 4.13. The van der Waals surface area contributed by atoms with Crippen LogP contribution in [0.2, 0.25) is 0 Å². The Labute approximate surface area is 151 Å². The minimum atomic E-state index is 0.281. The molecular formula is C19H32N4O2. The van der Waals surface area contributed by atoms with Crippen molar-refractivity contribution in [2.75, 3.05) is 40.0 Å². The van der Waals surface area contributed by atoms with Crippen LogP contribution in [0.3, 0.4) is 0 Å². The minimum absolute atomic E-state index is 0.281. The van der Waals surface area contributed by atoms with Crippen LogP contribution < -0.4 is 10.6 Å². The molecule has 0 bridgehead atoms. The summed E-state index contributed by atoms with van der Waals surface area (Å²) in [5, 5.41) is 6.78. The van der Waals surface area contributed by atoms with Gasteiger partial charge >= 0.3 is 0 Å². The van der Waals surface area contributed by atoms with Gasteiger partial charge in [0.25, 0.3) is 0 Å². The number of hydrogen-bond acceptors (Lipinski definition) is 4. The summed E-state index contributed by atoms with van der Waals surface area (Å²) in [7, 11) is 1.80. The van der Waals surface area contributed by atoms with Crippen molar-refractivity contribution in [2.45, 2.75) is 38.7 Å². The SMILES string of the molecule is CN=C(NCCCOC1CCOC1)NCC(c1cccnc1)C(C)C. The maximum absolute atomic E-state index is 5.77. The van der Waals surface area contributed by atoms with Crippen molar-refractivity contribution >= 4 is 5.96 Å². The largest absolute Gasteiger partial charge is 0.379 e. The van der Waals surface area contributed by atoms with Gasteiger partial charge in [-0.15, -0.1) is 0 Å². The van der Waals surface area contributed by atoms with E-state index in [9.17, 15) is 0 Å². The lowest BCUT2D eigenvalue weighted by Crippen LogP contribution is -2.40. The first-order valence-corrected chi connectivity index (χ1v) is 9.24. The second kappa shape index (κ2) is 11.1. The lowest BCUT2D eigenvalue weighted by molar-refractivity contribution is 0.0420. The first-order chi connectivity index (χ1) is 12.2. The van der Waals surface area contributed by atoms with Crippen LogP contribution in [0.25, 0.3) is 0 Å². The fraction of sp³-hybridized carbons (Fsp3) is 0.684. The van der Waals surface area contributed by atoms with Crippen LogP contribution in [0.15, 0.2) is 29.5 Å². The highest BCUT2D eigenvalue weighted by molar-refractivity contribution is 5.79. The smallest absolute Gasteiger partial charge is 0.190 e. The predicted molar refractivity (Wildman–Crippen MR) is 101 cm³/mol. The van der Waals surface area contributed by atoms with Gasteiger partial charge in [-0.1, -0.05) is 19.9 Å². The number of ether oxygens (including phenoxy) is 2. The molecule has 2 unspecified atom stereocenters. The van der Waals surface area contributed by atoms with Gasteiger partial charge in [0.05, 0.1) is 12.7 Å². The third-order valence-corrected chi connectivity index (χ3v) is 4.49. The third kappa shape index (κ3) is 7.00. The van der Waals surface area contributed by atoms with Crippen LogP contribution >= 0.6 is 0 Å². The normalized spacial score (nSPS) is 19.2.